The fraction of sp³-hybridized carbons (Fsp3) is 0.125. The van der Waals surface area contributed by atoms with E-state index in [-0.39, 0.29) is 34.4 Å². The van der Waals surface area contributed by atoms with Crippen LogP contribution in [0.5, 0.6) is 17.2 Å². The van der Waals surface area contributed by atoms with Crippen LogP contribution in [0.1, 0.15) is 22.3 Å². The van der Waals surface area contributed by atoms with Gasteiger partial charge in [0.25, 0.3) is 11.6 Å². The van der Waals surface area contributed by atoms with Crippen molar-refractivity contribution in [2.75, 3.05) is 12.4 Å². The highest BCUT2D eigenvalue weighted by atomic mass is 35.5. The number of anilines is 1. The largest absolute Gasteiger partial charge is 0.493 e. The van der Waals surface area contributed by atoms with Crippen LogP contribution < -0.4 is 19.5 Å². The van der Waals surface area contributed by atoms with Crippen LogP contribution in [0.4, 0.5) is 11.4 Å². The normalized spacial score (nSPS) is 10.9. The number of nitro groups is 1. The summed E-state index contributed by atoms with van der Waals surface area (Å²) in [5.41, 5.74) is 3.69. The van der Waals surface area contributed by atoms with Crippen molar-refractivity contribution >= 4 is 35.0 Å². The van der Waals surface area contributed by atoms with Crippen LogP contribution >= 0.6 is 11.6 Å². The summed E-state index contributed by atoms with van der Waals surface area (Å²) in [7, 11) is 1.43. The highest BCUT2D eigenvalue weighted by Crippen LogP contribution is 2.37. The molecule has 0 heterocycles. The molecule has 0 saturated carbocycles. The van der Waals surface area contributed by atoms with E-state index in [9.17, 15) is 20.2 Å². The minimum Gasteiger partial charge on any atom is -0.493 e. The summed E-state index contributed by atoms with van der Waals surface area (Å²) in [6.07, 6.45) is 1.39. The van der Waals surface area contributed by atoms with Gasteiger partial charge in [-0.05, 0) is 78.2 Å². The maximum atomic E-state index is 12.8. The Kier molecular flexibility index (Phi) is 9.77. The Morgan fingerprint density at radius 1 is 0.976 bits per heavy atom. The number of carbonyl (C=O) groups excluding carboxylic acids is 1. The molecular formula is C32H26ClN3O6. The smallest absolute Gasteiger partial charge is 0.269 e. The summed E-state index contributed by atoms with van der Waals surface area (Å²) in [6.45, 7) is 2.53. The fourth-order valence-corrected chi connectivity index (χ4v) is 4.11. The van der Waals surface area contributed by atoms with E-state index in [1.54, 1.807) is 48.5 Å². The van der Waals surface area contributed by atoms with E-state index in [1.807, 2.05) is 37.3 Å². The number of nitrogens with one attached hydrogen (secondary N) is 1. The van der Waals surface area contributed by atoms with Crippen molar-refractivity contribution in [3.05, 3.63) is 128 Å². The number of amides is 1. The molecule has 1 amide bonds. The maximum absolute atomic E-state index is 12.8. The third-order valence-corrected chi connectivity index (χ3v) is 6.38. The van der Waals surface area contributed by atoms with Crippen LogP contribution in [0.3, 0.4) is 0 Å². The lowest BCUT2D eigenvalue weighted by Crippen LogP contribution is -2.13. The number of carbonyl (C=O) groups is 1. The van der Waals surface area contributed by atoms with E-state index in [0.717, 1.165) is 5.56 Å². The number of ether oxygens (including phenoxy) is 3. The summed E-state index contributed by atoms with van der Waals surface area (Å²) < 4.78 is 17.0. The zero-order valence-electron chi connectivity index (χ0n) is 22.8. The van der Waals surface area contributed by atoms with Gasteiger partial charge < -0.3 is 19.5 Å². The van der Waals surface area contributed by atoms with Crippen molar-refractivity contribution in [2.24, 2.45) is 0 Å². The Bertz CT molecular complexity index is 1640. The second-order valence-electron chi connectivity index (χ2n) is 9.17. The van der Waals surface area contributed by atoms with Crippen molar-refractivity contribution in [2.45, 2.75) is 20.1 Å². The van der Waals surface area contributed by atoms with Crippen molar-refractivity contribution in [1.82, 2.24) is 0 Å². The third-order valence-electron chi connectivity index (χ3n) is 6.10. The summed E-state index contributed by atoms with van der Waals surface area (Å²) in [4.78, 5) is 23.2. The number of nitrogens with zero attached hydrogens (tertiary/aromatic N) is 2. The highest BCUT2D eigenvalue weighted by Gasteiger charge is 2.15. The summed E-state index contributed by atoms with van der Waals surface area (Å²) in [5.74, 6) is 0.582. The number of hydrogen-bond acceptors (Lipinski definition) is 7. The number of nitro benzene ring substituents is 1. The first-order valence-electron chi connectivity index (χ1n) is 12.7. The van der Waals surface area contributed by atoms with Gasteiger partial charge in [-0.3, -0.25) is 14.9 Å². The monoisotopic (exact) mass is 583 g/mol. The molecule has 212 valence electrons. The van der Waals surface area contributed by atoms with Crippen LogP contribution in [0.25, 0.3) is 6.08 Å². The first kappa shape index (κ1) is 29.6. The van der Waals surface area contributed by atoms with Crippen molar-refractivity contribution in [3.63, 3.8) is 0 Å². The van der Waals surface area contributed by atoms with Gasteiger partial charge in [0.1, 0.15) is 30.6 Å². The van der Waals surface area contributed by atoms with Crippen LogP contribution in [0, 0.1) is 28.4 Å². The van der Waals surface area contributed by atoms with Crippen LogP contribution in [-0.4, -0.2) is 17.9 Å². The molecule has 0 bridgehead atoms. The van der Waals surface area contributed by atoms with E-state index in [0.29, 0.717) is 29.2 Å². The van der Waals surface area contributed by atoms with Gasteiger partial charge in [-0.15, -0.1) is 0 Å². The number of aryl methyl sites for hydroxylation is 1. The molecule has 9 nitrogen and oxygen atoms in total. The summed E-state index contributed by atoms with van der Waals surface area (Å²) >= 11 is 6.45. The van der Waals surface area contributed by atoms with Crippen molar-refractivity contribution in [3.8, 4) is 23.3 Å². The molecule has 0 unspecified atom stereocenters. The van der Waals surface area contributed by atoms with Crippen LogP contribution in [-0.2, 0) is 18.0 Å². The number of halogens is 1. The number of non-ortho nitro benzene ring substituents is 1. The van der Waals surface area contributed by atoms with Gasteiger partial charge in [-0.25, -0.2) is 0 Å². The minimum atomic E-state index is -0.598. The van der Waals surface area contributed by atoms with Gasteiger partial charge >= 0.3 is 0 Å². The molecule has 0 aliphatic heterocycles. The van der Waals surface area contributed by atoms with Crippen LogP contribution in [0.15, 0.2) is 90.5 Å². The van der Waals surface area contributed by atoms with Gasteiger partial charge in [0.2, 0.25) is 0 Å². The molecule has 10 heteroatoms. The van der Waals surface area contributed by atoms with E-state index in [1.165, 1.54) is 30.9 Å². The van der Waals surface area contributed by atoms with Gasteiger partial charge in [-0.1, -0.05) is 41.4 Å². The SMILES string of the molecule is COc1cc(/C=C(\C#N)C(=O)Nc2ccc(OCc3ccc(C)cc3)cc2)cc(Cl)c1OCc1ccc([N+](=O)[O-])cc1. The number of methoxy groups -OCH3 is 1. The number of rotatable bonds is 11. The molecule has 1 N–H and O–H groups in total. The summed E-state index contributed by atoms with van der Waals surface area (Å²) in [5, 5.41) is 23.4. The number of nitriles is 1. The average molecular weight is 584 g/mol. The predicted molar refractivity (Wildman–Crippen MR) is 160 cm³/mol. The zero-order valence-corrected chi connectivity index (χ0v) is 23.6. The topological polar surface area (TPSA) is 124 Å². The van der Waals surface area contributed by atoms with Gasteiger partial charge in [0.15, 0.2) is 11.5 Å². The van der Waals surface area contributed by atoms with Gasteiger partial charge in [-0.2, -0.15) is 5.26 Å². The first-order valence-corrected chi connectivity index (χ1v) is 13.1. The Morgan fingerprint density at radius 3 is 2.19 bits per heavy atom. The lowest BCUT2D eigenvalue weighted by Gasteiger charge is -2.13. The lowest BCUT2D eigenvalue weighted by atomic mass is 10.1. The fourth-order valence-electron chi connectivity index (χ4n) is 3.83. The van der Waals surface area contributed by atoms with Crippen LogP contribution in [0.2, 0.25) is 5.02 Å². The Morgan fingerprint density at radius 2 is 1.60 bits per heavy atom. The molecule has 0 aromatic heterocycles. The Hall–Kier alpha value is -5.33. The van der Waals surface area contributed by atoms with Gasteiger partial charge in [0.05, 0.1) is 17.1 Å². The van der Waals surface area contributed by atoms with E-state index >= 15 is 0 Å². The second-order valence-corrected chi connectivity index (χ2v) is 9.58. The number of benzene rings is 4. The van der Waals surface area contributed by atoms with E-state index in [4.69, 9.17) is 25.8 Å². The van der Waals surface area contributed by atoms with E-state index in [2.05, 4.69) is 5.32 Å². The average Bonchev–Trinajstić information content (AvgIpc) is 2.99. The summed E-state index contributed by atoms with van der Waals surface area (Å²) in [6, 6.07) is 25.9. The molecule has 0 radical (unpaired) electrons. The Labute approximate surface area is 247 Å². The molecule has 0 atom stereocenters. The Balaban J connectivity index is 1.40. The van der Waals surface area contributed by atoms with Crippen molar-refractivity contribution in [1.29, 1.82) is 5.26 Å². The number of hydrogen-bond donors (Lipinski definition) is 1. The molecule has 42 heavy (non-hydrogen) atoms. The van der Waals surface area contributed by atoms with E-state index < -0.39 is 10.8 Å². The molecular weight excluding hydrogens is 558 g/mol. The van der Waals surface area contributed by atoms with Crippen molar-refractivity contribution < 1.29 is 23.9 Å². The highest BCUT2D eigenvalue weighted by molar-refractivity contribution is 6.32. The first-order chi connectivity index (χ1) is 20.2. The van der Waals surface area contributed by atoms with Gasteiger partial charge in [0, 0.05) is 17.8 Å². The zero-order chi connectivity index (χ0) is 30.1. The molecule has 4 aromatic carbocycles. The predicted octanol–water partition coefficient (Wildman–Crippen LogP) is 7.27. The third kappa shape index (κ3) is 7.87. The molecule has 0 spiro atoms. The molecule has 0 fully saturated rings. The molecule has 0 saturated heterocycles. The lowest BCUT2D eigenvalue weighted by molar-refractivity contribution is -0.384. The maximum Gasteiger partial charge on any atom is 0.269 e. The second kappa shape index (κ2) is 13.8. The quantitative estimate of drug-likeness (QED) is 0.0852. The molecule has 4 aromatic rings. The standard InChI is InChI=1S/C32H26ClN3O6/c1-21-3-5-22(6-4-21)19-41-28-13-9-26(10-14-28)35-32(37)25(18-34)15-24-16-29(33)31(30(17-24)40-2)42-20-23-7-11-27(12-8-23)36(38)39/h3-17H,19-20H2,1-2H3,(H,35,37)/b25-15+. The minimum absolute atomic E-state index is 0.0252. The molecule has 4 rings (SSSR count). The molecule has 0 aliphatic rings. The molecule has 0 aliphatic carbocycles.